The summed E-state index contributed by atoms with van der Waals surface area (Å²) in [6, 6.07) is 2.18. The second kappa shape index (κ2) is 4.06. The number of carbonyl (C=O) groups excluding carboxylic acids is 1. The number of rotatable bonds is 2. The molecule has 0 bridgehead atoms. The number of halogens is 3. The molecule has 0 saturated carbocycles. The SMILES string of the molecule is O=Cc1cc(Cl)c(Cl)cc1S(=O)(=O)Cl. The average Bonchev–Trinajstić information content (AvgIpc) is 2.07. The van der Waals surface area contributed by atoms with E-state index in [2.05, 4.69) is 0 Å². The van der Waals surface area contributed by atoms with Gasteiger partial charge in [0, 0.05) is 16.2 Å². The average molecular weight is 274 g/mol. The quantitative estimate of drug-likeness (QED) is 0.615. The van der Waals surface area contributed by atoms with E-state index in [9.17, 15) is 13.2 Å². The highest BCUT2D eigenvalue weighted by Gasteiger charge is 2.17. The third kappa shape index (κ3) is 2.39. The van der Waals surface area contributed by atoms with E-state index >= 15 is 0 Å². The molecule has 0 saturated heterocycles. The van der Waals surface area contributed by atoms with Gasteiger partial charge < -0.3 is 0 Å². The Morgan fingerprint density at radius 1 is 1.14 bits per heavy atom. The normalized spacial score (nSPS) is 11.4. The first kappa shape index (κ1) is 11.8. The zero-order valence-electron chi connectivity index (χ0n) is 6.50. The summed E-state index contributed by atoms with van der Waals surface area (Å²) in [5, 5.41) is 0.120. The van der Waals surface area contributed by atoms with Gasteiger partial charge in [0.05, 0.1) is 14.9 Å². The zero-order chi connectivity index (χ0) is 10.9. The first-order valence-electron chi connectivity index (χ1n) is 3.25. The number of aldehydes is 1. The molecular formula is C7H3Cl3O3S. The molecule has 0 atom stereocenters. The van der Waals surface area contributed by atoms with E-state index < -0.39 is 9.05 Å². The Kier molecular flexibility index (Phi) is 3.42. The van der Waals surface area contributed by atoms with Crippen molar-refractivity contribution < 1.29 is 13.2 Å². The molecule has 14 heavy (non-hydrogen) atoms. The van der Waals surface area contributed by atoms with Crippen LogP contribution in [0.2, 0.25) is 10.0 Å². The Morgan fingerprint density at radius 2 is 1.64 bits per heavy atom. The number of hydrogen-bond acceptors (Lipinski definition) is 3. The van der Waals surface area contributed by atoms with Gasteiger partial charge in [-0.05, 0) is 12.1 Å². The highest BCUT2D eigenvalue weighted by molar-refractivity contribution is 8.13. The fourth-order valence-corrected chi connectivity index (χ4v) is 2.30. The molecular weight excluding hydrogens is 270 g/mol. The minimum absolute atomic E-state index is 0.0245. The van der Waals surface area contributed by atoms with Crippen molar-refractivity contribution in [2.45, 2.75) is 4.90 Å². The molecule has 0 heterocycles. The van der Waals surface area contributed by atoms with E-state index in [0.717, 1.165) is 12.1 Å². The fraction of sp³-hybridized carbons (Fsp3) is 0. The maximum absolute atomic E-state index is 11.0. The van der Waals surface area contributed by atoms with Crippen LogP contribution in [0.15, 0.2) is 17.0 Å². The van der Waals surface area contributed by atoms with Crippen molar-refractivity contribution in [3.63, 3.8) is 0 Å². The molecule has 0 radical (unpaired) electrons. The second-order valence-electron chi connectivity index (χ2n) is 2.36. The lowest BCUT2D eigenvalue weighted by Crippen LogP contribution is -1.97. The Morgan fingerprint density at radius 3 is 2.07 bits per heavy atom. The summed E-state index contributed by atoms with van der Waals surface area (Å²) in [4.78, 5) is 10.2. The molecule has 0 N–H and O–H groups in total. The molecule has 1 aromatic rings. The molecule has 7 heteroatoms. The molecule has 0 fully saturated rings. The molecule has 0 aliphatic carbocycles. The molecule has 0 amide bonds. The van der Waals surface area contributed by atoms with Crippen LogP contribution in [0.4, 0.5) is 0 Å². The summed E-state index contributed by atoms with van der Waals surface area (Å²) in [7, 11) is 1.09. The smallest absolute Gasteiger partial charge is 0.262 e. The van der Waals surface area contributed by atoms with E-state index in [1.54, 1.807) is 0 Å². The van der Waals surface area contributed by atoms with Gasteiger partial charge in [-0.15, -0.1) is 0 Å². The highest BCUT2D eigenvalue weighted by Crippen LogP contribution is 2.29. The Hall–Kier alpha value is -0.290. The van der Waals surface area contributed by atoms with Gasteiger partial charge in [-0.1, -0.05) is 23.2 Å². The van der Waals surface area contributed by atoms with Gasteiger partial charge in [-0.2, -0.15) is 0 Å². The molecule has 1 rings (SSSR count). The van der Waals surface area contributed by atoms with E-state index in [1.165, 1.54) is 0 Å². The Balaban J connectivity index is 3.59. The third-order valence-corrected chi connectivity index (χ3v) is 3.54. The fourth-order valence-electron chi connectivity index (χ4n) is 0.847. The summed E-state index contributed by atoms with van der Waals surface area (Å²) < 4.78 is 22.0. The minimum atomic E-state index is -3.99. The molecule has 76 valence electrons. The molecule has 0 aromatic heterocycles. The van der Waals surface area contributed by atoms with Crippen LogP contribution in [0, 0.1) is 0 Å². The summed E-state index contributed by atoms with van der Waals surface area (Å²) in [5.41, 5.74) is -0.116. The van der Waals surface area contributed by atoms with Crippen LogP contribution < -0.4 is 0 Å². The largest absolute Gasteiger partial charge is 0.298 e. The van der Waals surface area contributed by atoms with Gasteiger partial charge in [0.2, 0.25) is 0 Å². The zero-order valence-corrected chi connectivity index (χ0v) is 9.58. The van der Waals surface area contributed by atoms with Gasteiger partial charge in [0.1, 0.15) is 0 Å². The monoisotopic (exact) mass is 272 g/mol. The Labute approximate surface area is 95.0 Å². The van der Waals surface area contributed by atoms with Crippen molar-refractivity contribution in [1.82, 2.24) is 0 Å². The minimum Gasteiger partial charge on any atom is -0.298 e. The van der Waals surface area contributed by atoms with Crippen LogP contribution in [0.25, 0.3) is 0 Å². The van der Waals surface area contributed by atoms with Crippen LogP contribution >= 0.6 is 33.9 Å². The van der Waals surface area contributed by atoms with Crippen molar-refractivity contribution >= 4 is 49.2 Å². The maximum atomic E-state index is 11.0. The Bertz CT molecular complexity index is 481. The number of benzene rings is 1. The number of carbonyl (C=O) groups is 1. The van der Waals surface area contributed by atoms with Crippen LogP contribution in [0.1, 0.15) is 10.4 Å². The predicted molar refractivity (Wildman–Crippen MR) is 54.9 cm³/mol. The van der Waals surface area contributed by atoms with Crippen molar-refractivity contribution in [2.75, 3.05) is 0 Å². The third-order valence-electron chi connectivity index (χ3n) is 1.44. The van der Waals surface area contributed by atoms with E-state index in [4.69, 9.17) is 33.9 Å². The summed E-state index contributed by atoms with van der Waals surface area (Å²) in [6.45, 7) is 0. The van der Waals surface area contributed by atoms with Gasteiger partial charge >= 0.3 is 0 Å². The van der Waals surface area contributed by atoms with Crippen LogP contribution in [0.5, 0.6) is 0 Å². The van der Waals surface area contributed by atoms with Crippen molar-refractivity contribution in [2.24, 2.45) is 0 Å². The summed E-state index contributed by atoms with van der Waals surface area (Å²) in [6.07, 6.45) is 0.345. The van der Waals surface area contributed by atoms with Gasteiger partial charge in [-0.3, -0.25) is 4.79 Å². The van der Waals surface area contributed by atoms with Crippen molar-refractivity contribution in [3.05, 3.63) is 27.7 Å². The van der Waals surface area contributed by atoms with E-state index in [0.29, 0.717) is 6.29 Å². The topological polar surface area (TPSA) is 51.2 Å². The van der Waals surface area contributed by atoms with Crippen LogP contribution in [-0.2, 0) is 9.05 Å². The second-order valence-corrected chi connectivity index (χ2v) is 5.71. The molecule has 3 nitrogen and oxygen atoms in total. The molecule has 0 aliphatic heterocycles. The summed E-state index contributed by atoms with van der Waals surface area (Å²) in [5.74, 6) is 0. The van der Waals surface area contributed by atoms with E-state index in [1.807, 2.05) is 0 Å². The van der Waals surface area contributed by atoms with E-state index in [-0.39, 0.29) is 20.5 Å². The maximum Gasteiger partial charge on any atom is 0.262 e. The molecule has 0 unspecified atom stereocenters. The van der Waals surface area contributed by atoms with Gasteiger partial charge in [-0.25, -0.2) is 8.42 Å². The lowest BCUT2D eigenvalue weighted by molar-refractivity contribution is 0.112. The van der Waals surface area contributed by atoms with Crippen molar-refractivity contribution in [1.29, 1.82) is 0 Å². The van der Waals surface area contributed by atoms with Gasteiger partial charge in [0.15, 0.2) is 6.29 Å². The molecule has 0 spiro atoms. The van der Waals surface area contributed by atoms with Crippen molar-refractivity contribution in [3.8, 4) is 0 Å². The lowest BCUT2D eigenvalue weighted by Gasteiger charge is -2.02. The first-order chi connectivity index (χ1) is 6.36. The molecule has 1 aromatic carbocycles. The lowest BCUT2D eigenvalue weighted by atomic mass is 10.2. The first-order valence-corrected chi connectivity index (χ1v) is 6.31. The van der Waals surface area contributed by atoms with Crippen LogP contribution in [-0.4, -0.2) is 14.7 Å². The van der Waals surface area contributed by atoms with Crippen LogP contribution in [0.3, 0.4) is 0 Å². The predicted octanol–water partition coefficient (Wildman–Crippen LogP) is 2.73. The highest BCUT2D eigenvalue weighted by atomic mass is 35.7. The summed E-state index contributed by atoms with van der Waals surface area (Å²) >= 11 is 11.2. The molecule has 0 aliphatic rings. The standard InChI is InChI=1S/C7H3Cl3O3S/c8-5-1-4(3-11)7(2-6(5)9)14(10,12)13/h1-3H. The van der Waals surface area contributed by atoms with Gasteiger partial charge in [0.25, 0.3) is 9.05 Å². The number of hydrogen-bond donors (Lipinski definition) is 0.